The number of nitriles is 1. The van der Waals surface area contributed by atoms with E-state index in [1.54, 1.807) is 11.9 Å². The van der Waals surface area contributed by atoms with Crippen LogP contribution in [0.4, 0.5) is 11.4 Å². The molecule has 0 unspecified atom stereocenters. The Morgan fingerprint density at radius 3 is 2.65 bits per heavy atom. The summed E-state index contributed by atoms with van der Waals surface area (Å²) in [7, 11) is 1.70. The number of hydrogen-bond acceptors (Lipinski definition) is 6. The number of hydrogen-bond donors (Lipinski definition) is 0. The fourth-order valence-corrected chi connectivity index (χ4v) is 2.20. The van der Waals surface area contributed by atoms with Crippen LogP contribution in [-0.2, 0) is 0 Å². The molecule has 1 aromatic heterocycles. The number of anilines is 1. The Balaban J connectivity index is 2.39. The monoisotopic (exact) mass is 333 g/mol. The molecule has 0 saturated carbocycles. The van der Waals surface area contributed by atoms with Gasteiger partial charge in [-0.3, -0.25) is 14.9 Å². The van der Waals surface area contributed by atoms with E-state index in [2.05, 4.69) is 5.10 Å². The predicted molar refractivity (Wildman–Crippen MR) is 85.0 cm³/mol. The first-order chi connectivity index (χ1) is 11.0. The van der Waals surface area contributed by atoms with Crippen LogP contribution in [0.2, 0.25) is 5.02 Å². The largest absolute Gasteiger partial charge is 0.371 e. The Morgan fingerprint density at radius 2 is 2.09 bits per heavy atom. The highest BCUT2D eigenvalue weighted by Crippen LogP contribution is 2.21. The van der Waals surface area contributed by atoms with Gasteiger partial charge in [0.15, 0.2) is 0 Å². The molecule has 1 aromatic carbocycles. The van der Waals surface area contributed by atoms with E-state index in [1.165, 1.54) is 30.5 Å². The molecular weight excluding hydrogens is 322 g/mol. The molecule has 0 bridgehead atoms. The van der Waals surface area contributed by atoms with E-state index in [1.807, 2.05) is 6.07 Å². The number of nitrogens with zero attached hydrogens (tertiary/aromatic N) is 5. The van der Waals surface area contributed by atoms with Gasteiger partial charge in [-0.1, -0.05) is 11.6 Å². The van der Waals surface area contributed by atoms with Crippen molar-refractivity contribution in [1.82, 2.24) is 9.78 Å². The zero-order valence-electron chi connectivity index (χ0n) is 12.1. The topological polar surface area (TPSA) is 105 Å². The lowest BCUT2D eigenvalue weighted by atomic mass is 10.3. The molecule has 0 aliphatic carbocycles. The van der Waals surface area contributed by atoms with E-state index < -0.39 is 10.5 Å². The Morgan fingerprint density at radius 1 is 1.43 bits per heavy atom. The van der Waals surface area contributed by atoms with E-state index in [0.717, 1.165) is 4.68 Å². The lowest BCUT2D eigenvalue weighted by Gasteiger charge is -2.18. The maximum Gasteiger partial charge on any atom is 0.292 e. The summed E-state index contributed by atoms with van der Waals surface area (Å²) in [5, 5.41) is 23.3. The molecule has 8 nitrogen and oxygen atoms in total. The van der Waals surface area contributed by atoms with Gasteiger partial charge in [0.1, 0.15) is 5.02 Å². The Hall–Kier alpha value is -2.92. The summed E-state index contributed by atoms with van der Waals surface area (Å²) >= 11 is 6.10. The van der Waals surface area contributed by atoms with Crippen molar-refractivity contribution in [1.29, 1.82) is 5.26 Å². The summed E-state index contributed by atoms with van der Waals surface area (Å²) in [5.74, 6) is 0. The summed E-state index contributed by atoms with van der Waals surface area (Å²) in [5.41, 5.74) is 0.168. The van der Waals surface area contributed by atoms with Crippen LogP contribution < -0.4 is 10.5 Å². The average Bonchev–Trinajstić information content (AvgIpc) is 2.55. The highest BCUT2D eigenvalue weighted by atomic mass is 35.5. The number of nitro groups is 1. The molecule has 0 fully saturated rings. The number of nitro benzene ring substituents is 1. The van der Waals surface area contributed by atoms with E-state index in [9.17, 15) is 14.9 Å². The molecule has 2 rings (SSSR count). The minimum absolute atomic E-state index is 0.0289. The third kappa shape index (κ3) is 3.46. The first-order valence-electron chi connectivity index (χ1n) is 6.56. The Labute approximate surface area is 136 Å². The molecule has 0 N–H and O–H groups in total. The fourth-order valence-electron chi connectivity index (χ4n) is 1.93. The van der Waals surface area contributed by atoms with Gasteiger partial charge in [0.2, 0.25) is 0 Å². The van der Waals surface area contributed by atoms with E-state index >= 15 is 0 Å². The summed E-state index contributed by atoms with van der Waals surface area (Å²) in [6.45, 7) is 0.416. The fraction of sp³-hybridized carbons (Fsp3) is 0.214. The van der Waals surface area contributed by atoms with Crippen LogP contribution in [0.5, 0.6) is 0 Å². The molecule has 0 amide bonds. The zero-order valence-corrected chi connectivity index (χ0v) is 12.9. The maximum absolute atomic E-state index is 12.3. The van der Waals surface area contributed by atoms with Gasteiger partial charge >= 0.3 is 0 Å². The molecule has 1 heterocycles. The lowest BCUT2D eigenvalue weighted by molar-refractivity contribution is -0.384. The molecule has 0 saturated heterocycles. The van der Waals surface area contributed by atoms with Gasteiger partial charge < -0.3 is 4.90 Å². The molecule has 0 aliphatic rings. The molecule has 23 heavy (non-hydrogen) atoms. The second-order valence-corrected chi connectivity index (χ2v) is 5.04. The van der Waals surface area contributed by atoms with Gasteiger partial charge in [-0.2, -0.15) is 15.0 Å². The average molecular weight is 334 g/mol. The third-order valence-electron chi connectivity index (χ3n) is 3.18. The maximum atomic E-state index is 12.3. The van der Waals surface area contributed by atoms with Crippen molar-refractivity contribution in [3.8, 4) is 11.8 Å². The molecule has 0 radical (unpaired) electrons. The van der Waals surface area contributed by atoms with Crippen LogP contribution in [-0.4, -0.2) is 28.3 Å². The van der Waals surface area contributed by atoms with Crippen molar-refractivity contribution in [3.63, 3.8) is 0 Å². The number of rotatable bonds is 5. The van der Waals surface area contributed by atoms with Crippen LogP contribution in [0.3, 0.4) is 0 Å². The molecular formula is C14H12ClN5O3. The molecule has 118 valence electrons. The van der Waals surface area contributed by atoms with Crippen molar-refractivity contribution in [2.24, 2.45) is 0 Å². The van der Waals surface area contributed by atoms with Crippen LogP contribution in [0.25, 0.3) is 5.69 Å². The van der Waals surface area contributed by atoms with Gasteiger partial charge in [-0.05, 0) is 12.1 Å². The van der Waals surface area contributed by atoms with Gasteiger partial charge in [0.05, 0.1) is 35.0 Å². The van der Waals surface area contributed by atoms with Crippen molar-refractivity contribution in [2.75, 3.05) is 18.5 Å². The minimum atomic E-state index is -0.540. The van der Waals surface area contributed by atoms with Crippen molar-refractivity contribution in [2.45, 2.75) is 6.42 Å². The Kier molecular flexibility index (Phi) is 4.93. The van der Waals surface area contributed by atoms with Gasteiger partial charge in [0.25, 0.3) is 11.2 Å². The van der Waals surface area contributed by atoms with E-state index in [0.29, 0.717) is 17.9 Å². The highest BCUT2D eigenvalue weighted by molar-refractivity contribution is 6.33. The first-order valence-corrected chi connectivity index (χ1v) is 6.94. The van der Waals surface area contributed by atoms with Crippen molar-refractivity contribution >= 4 is 23.0 Å². The van der Waals surface area contributed by atoms with Crippen molar-refractivity contribution < 1.29 is 4.92 Å². The third-order valence-corrected chi connectivity index (χ3v) is 3.53. The molecule has 0 spiro atoms. The number of non-ortho nitro benzene ring substituents is 1. The van der Waals surface area contributed by atoms with Crippen molar-refractivity contribution in [3.05, 3.63) is 56.0 Å². The van der Waals surface area contributed by atoms with Crippen LogP contribution in [0.15, 0.2) is 35.3 Å². The number of benzene rings is 1. The van der Waals surface area contributed by atoms with Crippen LogP contribution in [0, 0.1) is 21.4 Å². The molecule has 0 aliphatic heterocycles. The quantitative estimate of drug-likeness (QED) is 0.613. The van der Waals surface area contributed by atoms with E-state index in [-0.39, 0.29) is 17.1 Å². The number of halogens is 1. The molecule has 0 atom stereocenters. The molecule has 2 aromatic rings. The van der Waals surface area contributed by atoms with Crippen LogP contribution >= 0.6 is 11.6 Å². The SMILES string of the molecule is CN(CCC#N)c1cnn(-c2ccc([N+](=O)[O-])cc2)c(=O)c1Cl. The smallest absolute Gasteiger partial charge is 0.292 e. The summed E-state index contributed by atoms with van der Waals surface area (Å²) < 4.78 is 1.06. The second-order valence-electron chi connectivity index (χ2n) is 4.66. The lowest BCUT2D eigenvalue weighted by Crippen LogP contribution is -2.26. The standard InChI is InChI=1S/C14H12ClN5O3/c1-18(8-2-7-16)12-9-17-19(14(21)13(12)15)10-3-5-11(6-4-10)20(22)23/h3-6,9H,2,8H2,1H3. The summed E-state index contributed by atoms with van der Waals surface area (Å²) in [6.07, 6.45) is 1.71. The second kappa shape index (κ2) is 6.89. The normalized spacial score (nSPS) is 10.1. The van der Waals surface area contributed by atoms with Gasteiger partial charge in [0, 0.05) is 25.7 Å². The predicted octanol–water partition coefficient (Wildman–Crippen LogP) is 2.14. The summed E-state index contributed by atoms with van der Waals surface area (Å²) in [6, 6.07) is 7.41. The Bertz CT molecular complexity index is 826. The van der Waals surface area contributed by atoms with E-state index in [4.69, 9.17) is 16.9 Å². The minimum Gasteiger partial charge on any atom is -0.371 e. The van der Waals surface area contributed by atoms with Gasteiger partial charge in [-0.15, -0.1) is 0 Å². The molecule has 9 heteroatoms. The summed E-state index contributed by atoms with van der Waals surface area (Å²) in [4.78, 5) is 24.1. The highest BCUT2D eigenvalue weighted by Gasteiger charge is 2.14. The first kappa shape index (κ1) is 16.5. The number of aromatic nitrogens is 2. The van der Waals surface area contributed by atoms with Crippen LogP contribution in [0.1, 0.15) is 6.42 Å². The zero-order chi connectivity index (χ0) is 17.0. The van der Waals surface area contributed by atoms with Gasteiger partial charge in [-0.25, -0.2) is 0 Å².